The largest absolute Gasteiger partial charge is 0.345 e. The van der Waals surface area contributed by atoms with Crippen LogP contribution in [-0.4, -0.2) is 20.7 Å². The Hall–Kier alpha value is -2.14. The minimum Gasteiger partial charge on any atom is -0.345 e. The third kappa shape index (κ3) is 3.95. The maximum Gasteiger partial charge on any atom is 0.244 e. The molecule has 0 fully saturated rings. The quantitative estimate of drug-likeness (QED) is 0.862. The number of nitrogens with one attached hydrogen (secondary N) is 1. The number of amides is 1. The van der Waals surface area contributed by atoms with Crippen LogP contribution in [-0.2, 0) is 18.4 Å². The topological polar surface area (TPSA) is 59.8 Å². The van der Waals surface area contributed by atoms with Gasteiger partial charge < -0.3 is 9.88 Å². The van der Waals surface area contributed by atoms with Crippen molar-refractivity contribution in [3.05, 3.63) is 52.6 Å². The van der Waals surface area contributed by atoms with Gasteiger partial charge in [-0.05, 0) is 36.6 Å². The Morgan fingerprint density at radius 2 is 2.18 bits per heavy atom. The van der Waals surface area contributed by atoms with E-state index in [0.717, 1.165) is 29.2 Å². The van der Waals surface area contributed by atoms with Crippen LogP contribution in [0.25, 0.3) is 5.57 Å². The van der Waals surface area contributed by atoms with Crippen molar-refractivity contribution in [2.45, 2.75) is 26.8 Å². The van der Waals surface area contributed by atoms with Gasteiger partial charge in [0.2, 0.25) is 5.91 Å². The van der Waals surface area contributed by atoms with E-state index in [1.807, 2.05) is 49.7 Å². The third-order valence-electron chi connectivity index (χ3n) is 3.49. The maximum absolute atomic E-state index is 12.1. The van der Waals surface area contributed by atoms with E-state index in [1.54, 1.807) is 6.08 Å². The summed E-state index contributed by atoms with van der Waals surface area (Å²) in [5.41, 5.74) is 1.90. The van der Waals surface area contributed by atoms with E-state index in [2.05, 4.69) is 15.5 Å². The monoisotopic (exact) mass is 318 g/mol. The van der Waals surface area contributed by atoms with Gasteiger partial charge in [0.15, 0.2) is 5.82 Å². The number of aromatic nitrogens is 3. The highest BCUT2D eigenvalue weighted by Crippen LogP contribution is 2.21. The molecule has 0 aliphatic heterocycles. The molecule has 0 bridgehead atoms. The first-order chi connectivity index (χ1) is 10.5. The Kier molecular flexibility index (Phi) is 5.33. The third-order valence-corrected chi connectivity index (χ3v) is 3.72. The van der Waals surface area contributed by atoms with Gasteiger partial charge in [0, 0.05) is 18.1 Å². The highest BCUT2D eigenvalue weighted by Gasteiger charge is 2.07. The molecular weight excluding hydrogens is 300 g/mol. The first kappa shape index (κ1) is 16.2. The van der Waals surface area contributed by atoms with Crippen LogP contribution in [0.1, 0.15) is 30.6 Å². The van der Waals surface area contributed by atoms with Crippen LogP contribution < -0.4 is 5.32 Å². The average Bonchev–Trinajstić information content (AvgIpc) is 2.82. The van der Waals surface area contributed by atoms with E-state index < -0.39 is 0 Å². The minimum atomic E-state index is -0.155. The van der Waals surface area contributed by atoms with Gasteiger partial charge in [-0.3, -0.25) is 4.79 Å². The van der Waals surface area contributed by atoms with Crippen LogP contribution in [0.5, 0.6) is 0 Å². The van der Waals surface area contributed by atoms with E-state index in [-0.39, 0.29) is 5.91 Å². The van der Waals surface area contributed by atoms with Gasteiger partial charge in [-0.15, -0.1) is 10.2 Å². The lowest BCUT2D eigenvalue weighted by molar-refractivity contribution is -0.116. The molecule has 0 aliphatic rings. The Morgan fingerprint density at radius 1 is 1.41 bits per heavy atom. The molecule has 1 amide bonds. The highest BCUT2D eigenvalue weighted by atomic mass is 35.5. The first-order valence-electron chi connectivity index (χ1n) is 7.10. The van der Waals surface area contributed by atoms with E-state index in [0.29, 0.717) is 11.6 Å². The number of hydrogen-bond acceptors (Lipinski definition) is 3. The molecule has 0 atom stereocenters. The summed E-state index contributed by atoms with van der Waals surface area (Å²) in [7, 11) is 1.87. The van der Waals surface area contributed by atoms with Crippen molar-refractivity contribution in [1.82, 2.24) is 20.1 Å². The Labute approximate surface area is 135 Å². The lowest BCUT2D eigenvalue weighted by atomic mass is 10.0. The number of hydrogen-bond donors (Lipinski definition) is 1. The van der Waals surface area contributed by atoms with Crippen molar-refractivity contribution in [1.29, 1.82) is 0 Å². The van der Waals surface area contributed by atoms with E-state index >= 15 is 0 Å². The van der Waals surface area contributed by atoms with Gasteiger partial charge in [-0.1, -0.05) is 30.7 Å². The summed E-state index contributed by atoms with van der Waals surface area (Å²) in [6, 6.07) is 7.49. The predicted octanol–water partition coefficient (Wildman–Crippen LogP) is 2.89. The lowest BCUT2D eigenvalue weighted by Crippen LogP contribution is -2.22. The van der Waals surface area contributed by atoms with Gasteiger partial charge in [0.05, 0.1) is 6.54 Å². The number of nitrogens with zero attached hydrogens (tertiary/aromatic N) is 3. The van der Waals surface area contributed by atoms with Crippen LogP contribution in [0, 0.1) is 6.92 Å². The highest BCUT2D eigenvalue weighted by molar-refractivity contribution is 6.30. The number of allylic oxidation sites excluding steroid dienone is 1. The summed E-state index contributed by atoms with van der Waals surface area (Å²) < 4.78 is 1.85. The number of carbonyl (C=O) groups is 1. The summed E-state index contributed by atoms with van der Waals surface area (Å²) in [5.74, 6) is 1.38. The van der Waals surface area contributed by atoms with Crippen LogP contribution in [0.4, 0.5) is 0 Å². The number of aryl methyl sites for hydroxylation is 1. The molecule has 0 unspecified atom stereocenters. The first-order valence-corrected chi connectivity index (χ1v) is 7.48. The van der Waals surface area contributed by atoms with Crippen molar-refractivity contribution in [2.75, 3.05) is 0 Å². The molecular formula is C16H19ClN4O. The van der Waals surface area contributed by atoms with Gasteiger partial charge in [0.25, 0.3) is 0 Å². The second-order valence-corrected chi connectivity index (χ2v) is 5.41. The Morgan fingerprint density at radius 3 is 2.77 bits per heavy atom. The maximum atomic E-state index is 12.1. The summed E-state index contributed by atoms with van der Waals surface area (Å²) in [6.45, 7) is 4.22. The predicted molar refractivity (Wildman–Crippen MR) is 87.3 cm³/mol. The summed E-state index contributed by atoms with van der Waals surface area (Å²) >= 11 is 6.00. The molecule has 0 radical (unpaired) electrons. The molecule has 1 heterocycles. The molecule has 0 aliphatic carbocycles. The zero-order valence-corrected chi connectivity index (χ0v) is 13.7. The molecule has 0 spiro atoms. The lowest BCUT2D eigenvalue weighted by Gasteiger charge is -2.07. The molecule has 6 heteroatoms. The molecule has 22 heavy (non-hydrogen) atoms. The van der Waals surface area contributed by atoms with Gasteiger partial charge >= 0.3 is 0 Å². The smallest absolute Gasteiger partial charge is 0.244 e. The van der Waals surface area contributed by atoms with Crippen molar-refractivity contribution in [2.24, 2.45) is 7.05 Å². The molecule has 2 aromatic rings. The summed E-state index contributed by atoms with van der Waals surface area (Å²) in [5, 5.41) is 11.5. The molecule has 1 N–H and O–H groups in total. The Balaban J connectivity index is 2.06. The standard InChI is InChI=1S/C16H19ClN4O/c1-4-12(13-6-5-7-14(17)8-13)9-16(22)18-10-15-20-19-11(2)21(15)3/h5-9H,4,10H2,1-3H3,(H,18,22)/b12-9+. The molecule has 0 saturated heterocycles. The molecule has 0 saturated carbocycles. The van der Waals surface area contributed by atoms with Gasteiger partial charge in [-0.25, -0.2) is 0 Å². The number of halogens is 1. The van der Waals surface area contributed by atoms with E-state index in [4.69, 9.17) is 11.6 Å². The zero-order chi connectivity index (χ0) is 16.1. The fraction of sp³-hybridized carbons (Fsp3) is 0.312. The summed E-state index contributed by atoms with van der Waals surface area (Å²) in [4.78, 5) is 12.1. The Bertz CT molecular complexity index is 706. The van der Waals surface area contributed by atoms with E-state index in [9.17, 15) is 4.79 Å². The van der Waals surface area contributed by atoms with Crippen molar-refractivity contribution < 1.29 is 4.79 Å². The van der Waals surface area contributed by atoms with E-state index in [1.165, 1.54) is 0 Å². The molecule has 2 rings (SSSR count). The van der Waals surface area contributed by atoms with Crippen LogP contribution >= 0.6 is 11.6 Å². The molecule has 1 aromatic heterocycles. The second kappa shape index (κ2) is 7.22. The van der Waals surface area contributed by atoms with Crippen LogP contribution in [0.15, 0.2) is 30.3 Å². The fourth-order valence-electron chi connectivity index (χ4n) is 2.06. The van der Waals surface area contributed by atoms with Gasteiger partial charge in [0.1, 0.15) is 5.82 Å². The minimum absolute atomic E-state index is 0.155. The number of benzene rings is 1. The van der Waals surface area contributed by atoms with Crippen LogP contribution in [0.3, 0.4) is 0 Å². The van der Waals surface area contributed by atoms with Gasteiger partial charge in [-0.2, -0.15) is 0 Å². The van der Waals surface area contributed by atoms with Crippen molar-refractivity contribution in [3.8, 4) is 0 Å². The van der Waals surface area contributed by atoms with Crippen molar-refractivity contribution >= 4 is 23.1 Å². The zero-order valence-electron chi connectivity index (χ0n) is 12.9. The summed E-state index contributed by atoms with van der Waals surface area (Å²) in [6.07, 6.45) is 2.35. The van der Waals surface area contributed by atoms with Crippen LogP contribution in [0.2, 0.25) is 5.02 Å². The fourth-order valence-corrected chi connectivity index (χ4v) is 2.25. The number of carbonyl (C=O) groups excluding carboxylic acids is 1. The normalized spacial score (nSPS) is 11.5. The number of rotatable bonds is 5. The molecule has 5 nitrogen and oxygen atoms in total. The second-order valence-electron chi connectivity index (χ2n) is 4.97. The average molecular weight is 319 g/mol. The van der Waals surface area contributed by atoms with Crippen molar-refractivity contribution in [3.63, 3.8) is 0 Å². The SMILES string of the molecule is CC/C(=C\C(=O)NCc1nnc(C)n1C)c1cccc(Cl)c1. The molecule has 116 valence electrons. The molecule has 1 aromatic carbocycles.